The smallest absolute Gasteiger partial charge is 0.267 e. The van der Waals surface area contributed by atoms with Crippen LogP contribution in [-0.4, -0.2) is 26.1 Å². The van der Waals surface area contributed by atoms with Crippen molar-refractivity contribution in [3.63, 3.8) is 0 Å². The third kappa shape index (κ3) is 4.26. The second kappa shape index (κ2) is 8.94. The summed E-state index contributed by atoms with van der Waals surface area (Å²) >= 11 is 12.5. The largest absolute Gasteiger partial charge is 0.382 e. The quantitative estimate of drug-likeness (QED) is 0.392. The molecule has 0 aliphatic heterocycles. The lowest BCUT2D eigenvalue weighted by atomic mass is 10.1. The number of nitriles is 1. The number of nitrogens with zero attached hydrogens (tertiary/aromatic N) is 5. The molecule has 2 aromatic heterocycles. The molecule has 0 aliphatic carbocycles. The van der Waals surface area contributed by atoms with Gasteiger partial charge in [0.15, 0.2) is 5.82 Å². The number of fused-ring (bicyclic) bond motifs is 1. The summed E-state index contributed by atoms with van der Waals surface area (Å²) in [6.07, 6.45) is 0.304. The molecule has 4 rings (SSSR count). The monoisotopic (exact) mass is 480 g/mol. The Morgan fingerprint density at radius 3 is 2.67 bits per heavy atom. The maximum absolute atomic E-state index is 13.5. The average Bonchev–Trinajstić information content (AvgIpc) is 2.76. The van der Waals surface area contributed by atoms with E-state index in [-0.39, 0.29) is 35.3 Å². The van der Waals surface area contributed by atoms with Crippen LogP contribution in [0.2, 0.25) is 10.0 Å². The summed E-state index contributed by atoms with van der Waals surface area (Å²) in [6.45, 7) is 2.14. The Bertz CT molecular complexity index is 1490. The first-order valence-electron chi connectivity index (χ1n) is 9.83. The molecule has 2 aromatic carbocycles. The van der Waals surface area contributed by atoms with E-state index in [4.69, 9.17) is 39.7 Å². The summed E-state index contributed by atoms with van der Waals surface area (Å²) in [6, 6.07) is 12.4. The highest BCUT2D eigenvalue weighted by atomic mass is 35.5. The van der Waals surface area contributed by atoms with Gasteiger partial charge in [-0.1, -0.05) is 35.3 Å². The Labute approximate surface area is 198 Å². The predicted octanol–water partition coefficient (Wildman–Crippen LogP) is 3.48. The predicted molar refractivity (Wildman–Crippen MR) is 130 cm³/mol. The molecule has 0 amide bonds. The van der Waals surface area contributed by atoms with Crippen LogP contribution in [0.5, 0.6) is 0 Å². The Morgan fingerprint density at radius 1 is 1.15 bits per heavy atom. The van der Waals surface area contributed by atoms with Crippen molar-refractivity contribution in [2.24, 2.45) is 0 Å². The zero-order valence-electron chi connectivity index (χ0n) is 17.4. The van der Waals surface area contributed by atoms with Crippen LogP contribution in [0.3, 0.4) is 0 Å². The van der Waals surface area contributed by atoms with E-state index in [9.17, 15) is 10.1 Å². The van der Waals surface area contributed by atoms with Crippen molar-refractivity contribution in [1.82, 2.24) is 19.5 Å². The molecule has 0 fully saturated rings. The van der Waals surface area contributed by atoms with Crippen molar-refractivity contribution >= 4 is 51.7 Å². The van der Waals surface area contributed by atoms with Crippen LogP contribution in [0.15, 0.2) is 41.2 Å². The molecule has 9 nitrogen and oxygen atoms in total. The molecular formula is C22H18Cl2N8O. The molecule has 33 heavy (non-hydrogen) atoms. The summed E-state index contributed by atoms with van der Waals surface area (Å²) in [5.41, 5.74) is 13.1. The number of aryl methyl sites for hydroxylation is 1. The van der Waals surface area contributed by atoms with Gasteiger partial charge in [0.2, 0.25) is 5.95 Å². The number of aromatic nitrogens is 4. The van der Waals surface area contributed by atoms with Crippen LogP contribution in [-0.2, 0) is 6.42 Å². The first kappa shape index (κ1) is 22.3. The summed E-state index contributed by atoms with van der Waals surface area (Å²) in [7, 11) is 0. The van der Waals surface area contributed by atoms with E-state index < -0.39 is 0 Å². The summed E-state index contributed by atoms with van der Waals surface area (Å²) in [5.74, 6) is 0.608. The Kier molecular flexibility index (Phi) is 6.05. The fraction of sp³-hybridized carbons (Fsp3) is 0.136. The Hall–Kier alpha value is -3.87. The van der Waals surface area contributed by atoms with Crippen molar-refractivity contribution in [2.75, 3.05) is 23.3 Å². The van der Waals surface area contributed by atoms with Gasteiger partial charge in [0.05, 0.1) is 21.6 Å². The van der Waals surface area contributed by atoms with Crippen molar-refractivity contribution < 1.29 is 0 Å². The molecule has 0 saturated heterocycles. The van der Waals surface area contributed by atoms with Crippen molar-refractivity contribution in [1.29, 1.82) is 5.26 Å². The van der Waals surface area contributed by atoms with Crippen molar-refractivity contribution in [3.05, 3.63) is 73.7 Å². The van der Waals surface area contributed by atoms with Gasteiger partial charge in [0.1, 0.15) is 23.3 Å². The third-order valence-electron chi connectivity index (χ3n) is 5.02. The Balaban J connectivity index is 1.80. The number of hydrogen-bond acceptors (Lipinski definition) is 8. The van der Waals surface area contributed by atoms with E-state index in [2.05, 4.69) is 15.3 Å². The third-order valence-corrected chi connectivity index (χ3v) is 5.57. The highest BCUT2D eigenvalue weighted by molar-refractivity contribution is 6.35. The number of nitrogens with one attached hydrogen (secondary N) is 1. The van der Waals surface area contributed by atoms with Crippen LogP contribution in [0.25, 0.3) is 16.6 Å². The maximum Gasteiger partial charge on any atom is 0.267 e. The molecule has 11 heteroatoms. The molecule has 2 heterocycles. The second-order valence-electron chi connectivity index (χ2n) is 7.22. The second-order valence-corrected chi connectivity index (χ2v) is 8.06. The van der Waals surface area contributed by atoms with Gasteiger partial charge >= 0.3 is 0 Å². The van der Waals surface area contributed by atoms with E-state index in [1.54, 1.807) is 30.3 Å². The minimum absolute atomic E-state index is 0.0163. The zero-order valence-corrected chi connectivity index (χ0v) is 18.9. The SMILES string of the molecule is Cc1ccc(Cl)c2c(=O)n(-c3cccc(Cl)c3)c(CCNc3nc(N)nc(N)c3C#N)nc12. The van der Waals surface area contributed by atoms with E-state index in [0.717, 1.165) is 5.56 Å². The highest BCUT2D eigenvalue weighted by Gasteiger charge is 2.17. The average molecular weight is 481 g/mol. The minimum atomic E-state index is -0.306. The molecule has 0 spiro atoms. The summed E-state index contributed by atoms with van der Waals surface area (Å²) < 4.78 is 1.48. The van der Waals surface area contributed by atoms with Crippen LogP contribution in [0, 0.1) is 18.3 Å². The van der Waals surface area contributed by atoms with Gasteiger partial charge < -0.3 is 16.8 Å². The van der Waals surface area contributed by atoms with Gasteiger partial charge in [-0.15, -0.1) is 0 Å². The van der Waals surface area contributed by atoms with Crippen LogP contribution >= 0.6 is 23.2 Å². The number of hydrogen-bond donors (Lipinski definition) is 3. The van der Waals surface area contributed by atoms with E-state index in [0.29, 0.717) is 38.9 Å². The number of nitrogens with two attached hydrogens (primary N) is 2. The van der Waals surface area contributed by atoms with Crippen LogP contribution in [0.1, 0.15) is 17.0 Å². The van der Waals surface area contributed by atoms with Gasteiger partial charge in [-0.25, -0.2) is 4.98 Å². The molecule has 4 aromatic rings. The summed E-state index contributed by atoms with van der Waals surface area (Å²) in [5, 5.41) is 13.5. The van der Waals surface area contributed by atoms with Crippen molar-refractivity contribution in [3.8, 4) is 11.8 Å². The molecular weight excluding hydrogens is 463 g/mol. The lowest BCUT2D eigenvalue weighted by molar-refractivity contribution is 0.808. The highest BCUT2D eigenvalue weighted by Crippen LogP contribution is 2.25. The van der Waals surface area contributed by atoms with Gasteiger partial charge in [-0.05, 0) is 36.8 Å². The number of anilines is 3. The number of halogens is 2. The van der Waals surface area contributed by atoms with Crippen molar-refractivity contribution in [2.45, 2.75) is 13.3 Å². The minimum Gasteiger partial charge on any atom is -0.382 e. The number of nitrogen functional groups attached to an aromatic ring is 2. The standard InChI is InChI=1S/C22H18Cl2N8O/c1-11-5-6-15(24)17-18(11)29-16(32(21(17)33)13-4-2-3-12(23)9-13)7-8-28-20-14(10-25)19(26)30-22(27)31-20/h2-6,9H,7-8H2,1H3,(H5,26,27,28,30,31). The van der Waals surface area contributed by atoms with E-state index in [1.807, 2.05) is 19.1 Å². The normalized spacial score (nSPS) is 10.8. The van der Waals surface area contributed by atoms with E-state index in [1.165, 1.54) is 4.57 Å². The van der Waals surface area contributed by atoms with Crippen LogP contribution in [0.4, 0.5) is 17.6 Å². The maximum atomic E-state index is 13.5. The molecule has 5 N–H and O–H groups in total. The fourth-order valence-electron chi connectivity index (χ4n) is 3.50. The summed E-state index contributed by atoms with van der Waals surface area (Å²) in [4.78, 5) is 26.1. The fourth-order valence-corrected chi connectivity index (χ4v) is 3.92. The molecule has 0 atom stereocenters. The molecule has 0 saturated carbocycles. The van der Waals surface area contributed by atoms with E-state index >= 15 is 0 Å². The lowest BCUT2D eigenvalue weighted by Crippen LogP contribution is -2.26. The van der Waals surface area contributed by atoms with Gasteiger partial charge in [-0.2, -0.15) is 15.2 Å². The Morgan fingerprint density at radius 2 is 1.94 bits per heavy atom. The molecule has 0 unspecified atom stereocenters. The number of rotatable bonds is 5. The first-order chi connectivity index (χ1) is 15.8. The van der Waals surface area contributed by atoms with Gasteiger partial charge in [0, 0.05) is 18.0 Å². The molecule has 0 bridgehead atoms. The topological polar surface area (TPSA) is 149 Å². The van der Waals surface area contributed by atoms with Crippen LogP contribution < -0.4 is 22.3 Å². The van der Waals surface area contributed by atoms with Gasteiger partial charge in [0.25, 0.3) is 5.56 Å². The zero-order chi connectivity index (χ0) is 23.7. The lowest BCUT2D eigenvalue weighted by Gasteiger charge is -2.16. The molecule has 166 valence electrons. The molecule has 0 aliphatic rings. The molecule has 0 radical (unpaired) electrons. The van der Waals surface area contributed by atoms with Gasteiger partial charge in [-0.3, -0.25) is 9.36 Å². The first-order valence-corrected chi connectivity index (χ1v) is 10.6. The number of benzene rings is 2.